The van der Waals surface area contributed by atoms with Gasteiger partial charge in [0.05, 0.1) is 0 Å². The van der Waals surface area contributed by atoms with Crippen LogP contribution in [-0.2, 0) is 4.79 Å². The molecular formula is C15H28N2O. The summed E-state index contributed by atoms with van der Waals surface area (Å²) in [6.07, 6.45) is 6.97. The van der Waals surface area contributed by atoms with Gasteiger partial charge in [-0.15, -0.1) is 0 Å². The molecule has 0 bridgehead atoms. The summed E-state index contributed by atoms with van der Waals surface area (Å²) in [5, 5.41) is 0. The number of Topliss-reactive ketones (excluding diaryl/α,β-unsaturated/α-hetero) is 1. The second-order valence-electron chi connectivity index (χ2n) is 6.05. The molecule has 1 saturated carbocycles. The van der Waals surface area contributed by atoms with E-state index in [0.29, 0.717) is 11.7 Å². The Labute approximate surface area is 112 Å². The Bertz CT molecular complexity index is 280. The third kappa shape index (κ3) is 3.55. The van der Waals surface area contributed by atoms with Gasteiger partial charge in [-0.25, -0.2) is 0 Å². The molecule has 0 N–H and O–H groups in total. The molecule has 1 aliphatic carbocycles. The fraction of sp³-hybridized carbons (Fsp3) is 0.933. The first-order chi connectivity index (χ1) is 8.70. The Morgan fingerprint density at radius 1 is 1.22 bits per heavy atom. The number of likely N-dealkylation sites (tertiary alicyclic amines) is 1. The van der Waals surface area contributed by atoms with E-state index in [-0.39, 0.29) is 0 Å². The predicted octanol–water partition coefficient (Wildman–Crippen LogP) is 2.16. The van der Waals surface area contributed by atoms with Crippen molar-refractivity contribution in [3.8, 4) is 0 Å². The van der Waals surface area contributed by atoms with Crippen LogP contribution in [0.25, 0.3) is 0 Å². The number of carbonyl (C=O) groups excluding carboxylic acids is 1. The van der Waals surface area contributed by atoms with Crippen molar-refractivity contribution in [3.05, 3.63) is 0 Å². The number of nitrogens with zero attached hydrogens (tertiary/aromatic N) is 2. The van der Waals surface area contributed by atoms with Crippen molar-refractivity contribution in [1.29, 1.82) is 0 Å². The van der Waals surface area contributed by atoms with Crippen LogP contribution in [0, 0.1) is 5.92 Å². The minimum absolute atomic E-state index is 0.320. The minimum Gasteiger partial charge on any atom is -0.304 e. The molecule has 2 fully saturated rings. The largest absolute Gasteiger partial charge is 0.304 e. The van der Waals surface area contributed by atoms with Crippen molar-refractivity contribution in [1.82, 2.24) is 9.80 Å². The molecule has 2 rings (SSSR count). The van der Waals surface area contributed by atoms with E-state index >= 15 is 0 Å². The Morgan fingerprint density at radius 2 is 2.06 bits per heavy atom. The second-order valence-corrected chi connectivity index (χ2v) is 6.05. The van der Waals surface area contributed by atoms with E-state index < -0.39 is 0 Å². The van der Waals surface area contributed by atoms with E-state index in [1.54, 1.807) is 0 Å². The maximum Gasteiger partial charge on any atom is 0.137 e. The molecule has 0 aromatic heterocycles. The zero-order valence-electron chi connectivity index (χ0n) is 12.0. The number of carbonyl (C=O) groups is 1. The van der Waals surface area contributed by atoms with Gasteiger partial charge < -0.3 is 4.90 Å². The molecule has 1 heterocycles. The molecule has 3 nitrogen and oxygen atoms in total. The summed E-state index contributed by atoms with van der Waals surface area (Å²) in [7, 11) is 2.19. The first kappa shape index (κ1) is 14.0. The van der Waals surface area contributed by atoms with Crippen molar-refractivity contribution in [2.24, 2.45) is 5.92 Å². The van der Waals surface area contributed by atoms with Crippen LogP contribution in [0.2, 0.25) is 0 Å². The van der Waals surface area contributed by atoms with Crippen molar-refractivity contribution < 1.29 is 4.79 Å². The Morgan fingerprint density at radius 3 is 2.78 bits per heavy atom. The summed E-state index contributed by atoms with van der Waals surface area (Å²) in [6, 6.07) is 0.721. The van der Waals surface area contributed by atoms with Crippen molar-refractivity contribution >= 4 is 5.78 Å². The normalized spacial score (nSPS) is 30.3. The third-order valence-corrected chi connectivity index (χ3v) is 4.64. The fourth-order valence-corrected chi connectivity index (χ4v) is 3.58. The maximum absolute atomic E-state index is 11.9. The maximum atomic E-state index is 11.9. The van der Waals surface area contributed by atoms with E-state index in [2.05, 4.69) is 23.8 Å². The van der Waals surface area contributed by atoms with Crippen LogP contribution in [0.4, 0.5) is 0 Å². The lowest BCUT2D eigenvalue weighted by molar-refractivity contribution is -0.125. The molecule has 1 saturated heterocycles. The highest BCUT2D eigenvalue weighted by molar-refractivity contribution is 5.81. The van der Waals surface area contributed by atoms with E-state index in [1.807, 2.05) is 0 Å². The van der Waals surface area contributed by atoms with E-state index in [1.165, 1.54) is 32.4 Å². The number of likely N-dealkylation sites (N-methyl/N-ethyl adjacent to an activating group) is 2. The molecule has 2 atom stereocenters. The summed E-state index contributed by atoms with van der Waals surface area (Å²) in [6.45, 7) is 6.80. The van der Waals surface area contributed by atoms with E-state index in [4.69, 9.17) is 0 Å². The van der Waals surface area contributed by atoms with Crippen LogP contribution in [0.15, 0.2) is 0 Å². The first-order valence-electron chi connectivity index (χ1n) is 7.66. The van der Waals surface area contributed by atoms with Gasteiger partial charge in [-0.1, -0.05) is 13.3 Å². The molecule has 0 spiro atoms. The third-order valence-electron chi connectivity index (χ3n) is 4.64. The van der Waals surface area contributed by atoms with Crippen LogP contribution in [0.1, 0.15) is 45.4 Å². The minimum atomic E-state index is 0.320. The SMILES string of the molecule is CCN1CCCC1CN(C)CC1CCCCC1=O. The van der Waals surface area contributed by atoms with Crippen LogP contribution in [0.5, 0.6) is 0 Å². The monoisotopic (exact) mass is 252 g/mol. The molecule has 0 aromatic rings. The molecular weight excluding hydrogens is 224 g/mol. The lowest BCUT2D eigenvalue weighted by Crippen LogP contribution is -2.41. The first-order valence-corrected chi connectivity index (χ1v) is 7.66. The zero-order valence-corrected chi connectivity index (χ0v) is 12.0. The molecule has 2 aliphatic rings. The average Bonchev–Trinajstić information content (AvgIpc) is 2.79. The fourth-order valence-electron chi connectivity index (χ4n) is 3.58. The summed E-state index contributed by atoms with van der Waals surface area (Å²) >= 11 is 0. The lowest BCUT2D eigenvalue weighted by Gasteiger charge is -2.30. The highest BCUT2D eigenvalue weighted by Gasteiger charge is 2.27. The smallest absolute Gasteiger partial charge is 0.137 e. The van der Waals surface area contributed by atoms with Gasteiger partial charge in [0.1, 0.15) is 5.78 Å². The van der Waals surface area contributed by atoms with Gasteiger partial charge in [-0.3, -0.25) is 9.69 Å². The average molecular weight is 252 g/mol. The zero-order chi connectivity index (χ0) is 13.0. The van der Waals surface area contributed by atoms with Crippen LogP contribution < -0.4 is 0 Å². The van der Waals surface area contributed by atoms with Crippen molar-refractivity contribution in [2.45, 2.75) is 51.5 Å². The predicted molar refractivity (Wildman–Crippen MR) is 74.7 cm³/mol. The van der Waals surface area contributed by atoms with Gasteiger partial charge >= 0.3 is 0 Å². The standard InChI is InChI=1S/C15H28N2O/c1-3-17-10-6-8-14(17)12-16(2)11-13-7-4-5-9-15(13)18/h13-14H,3-12H2,1-2H3. The highest BCUT2D eigenvalue weighted by atomic mass is 16.1. The molecule has 1 aliphatic heterocycles. The topological polar surface area (TPSA) is 23.6 Å². The van der Waals surface area contributed by atoms with Crippen LogP contribution in [-0.4, -0.2) is 54.9 Å². The summed E-state index contributed by atoms with van der Waals surface area (Å²) in [4.78, 5) is 16.8. The summed E-state index contributed by atoms with van der Waals surface area (Å²) in [5.41, 5.74) is 0. The molecule has 0 amide bonds. The second kappa shape index (κ2) is 6.67. The number of rotatable bonds is 5. The molecule has 104 valence electrons. The Kier molecular flexibility index (Phi) is 5.19. The lowest BCUT2D eigenvalue weighted by atomic mass is 9.87. The van der Waals surface area contributed by atoms with Gasteiger partial charge in [-0.2, -0.15) is 0 Å². The van der Waals surface area contributed by atoms with Crippen LogP contribution >= 0.6 is 0 Å². The van der Waals surface area contributed by atoms with E-state index in [0.717, 1.165) is 38.4 Å². The molecule has 0 aromatic carbocycles. The summed E-state index contributed by atoms with van der Waals surface area (Å²) in [5.74, 6) is 0.826. The Hall–Kier alpha value is -0.410. The Balaban J connectivity index is 1.77. The van der Waals surface area contributed by atoms with Gasteiger partial charge in [-0.05, 0) is 45.8 Å². The van der Waals surface area contributed by atoms with Crippen molar-refractivity contribution in [3.63, 3.8) is 0 Å². The van der Waals surface area contributed by atoms with Gasteiger partial charge in [0.15, 0.2) is 0 Å². The number of hydrogen-bond acceptors (Lipinski definition) is 3. The van der Waals surface area contributed by atoms with Gasteiger partial charge in [0, 0.05) is 31.5 Å². The molecule has 18 heavy (non-hydrogen) atoms. The molecule has 0 radical (unpaired) electrons. The van der Waals surface area contributed by atoms with Crippen LogP contribution in [0.3, 0.4) is 0 Å². The van der Waals surface area contributed by atoms with Gasteiger partial charge in [0.2, 0.25) is 0 Å². The molecule has 2 unspecified atom stereocenters. The van der Waals surface area contributed by atoms with E-state index in [9.17, 15) is 4.79 Å². The quantitative estimate of drug-likeness (QED) is 0.749. The number of ketones is 1. The molecule has 3 heteroatoms. The van der Waals surface area contributed by atoms with Gasteiger partial charge in [0.25, 0.3) is 0 Å². The highest BCUT2D eigenvalue weighted by Crippen LogP contribution is 2.22. The summed E-state index contributed by atoms with van der Waals surface area (Å²) < 4.78 is 0. The number of hydrogen-bond donors (Lipinski definition) is 0. The van der Waals surface area contributed by atoms with Crippen molar-refractivity contribution in [2.75, 3.05) is 33.2 Å².